The van der Waals surface area contributed by atoms with E-state index in [0.717, 1.165) is 0 Å². The van der Waals surface area contributed by atoms with Gasteiger partial charge in [0.2, 0.25) is 5.91 Å². The lowest BCUT2D eigenvalue weighted by Gasteiger charge is -2.07. The number of carbonyl (C=O) groups is 1. The molecule has 146 valence electrons. The molecule has 0 bridgehead atoms. The van der Waals surface area contributed by atoms with Crippen LogP contribution in [0.3, 0.4) is 0 Å². The quantitative estimate of drug-likeness (QED) is 0.315. The van der Waals surface area contributed by atoms with Crippen LogP contribution in [0.15, 0.2) is 41.6 Å². The zero-order chi connectivity index (χ0) is 20.1. The van der Waals surface area contributed by atoms with Crippen LogP contribution in [0.4, 0.5) is 5.69 Å². The van der Waals surface area contributed by atoms with E-state index < -0.39 is 4.92 Å². The normalized spacial score (nSPS) is 10.9. The summed E-state index contributed by atoms with van der Waals surface area (Å²) in [7, 11) is 0. The monoisotopic (exact) mass is 448 g/mol. The van der Waals surface area contributed by atoms with Crippen molar-refractivity contribution in [2.24, 2.45) is 0 Å². The number of nitro groups is 1. The van der Waals surface area contributed by atoms with Gasteiger partial charge in [0.15, 0.2) is 5.65 Å². The molecule has 1 N–H and O–H groups in total. The van der Waals surface area contributed by atoms with Gasteiger partial charge >= 0.3 is 0 Å². The second-order valence-corrected chi connectivity index (χ2v) is 6.79. The number of alkyl halides is 1. The second kappa shape index (κ2) is 8.74. The Bertz CT molecular complexity index is 1080. The highest BCUT2D eigenvalue weighted by Crippen LogP contribution is 2.14. The molecule has 0 saturated carbocycles. The van der Waals surface area contributed by atoms with Crippen molar-refractivity contribution < 1.29 is 9.72 Å². The molecule has 3 aromatic rings. The Hall–Kier alpha value is -3.08. The number of aromatic nitrogens is 4. The van der Waals surface area contributed by atoms with Crippen molar-refractivity contribution in [3.8, 4) is 0 Å². The number of fused-ring (bicyclic) bond motifs is 1. The average Bonchev–Trinajstić information content (AvgIpc) is 3.08. The lowest BCUT2D eigenvalue weighted by molar-refractivity contribution is -0.384. The summed E-state index contributed by atoms with van der Waals surface area (Å²) in [5.74, 6) is -0.0689. The van der Waals surface area contributed by atoms with E-state index in [1.807, 2.05) is 0 Å². The smallest absolute Gasteiger partial charge is 0.269 e. The first-order valence-electron chi connectivity index (χ1n) is 8.46. The van der Waals surface area contributed by atoms with E-state index in [-0.39, 0.29) is 23.7 Å². The first-order chi connectivity index (χ1) is 13.5. The molecule has 0 spiro atoms. The van der Waals surface area contributed by atoms with Gasteiger partial charge in [0.25, 0.3) is 11.2 Å². The van der Waals surface area contributed by atoms with Gasteiger partial charge in [-0.1, -0.05) is 28.1 Å². The van der Waals surface area contributed by atoms with Crippen molar-refractivity contribution in [1.82, 2.24) is 24.6 Å². The molecule has 0 fully saturated rings. The molecular formula is C17H17BrN6O4. The maximum Gasteiger partial charge on any atom is 0.269 e. The molecule has 0 saturated heterocycles. The summed E-state index contributed by atoms with van der Waals surface area (Å²) >= 11 is 3.20. The van der Waals surface area contributed by atoms with E-state index in [1.165, 1.54) is 29.2 Å². The van der Waals surface area contributed by atoms with Crippen LogP contribution in [0.25, 0.3) is 11.0 Å². The van der Waals surface area contributed by atoms with Gasteiger partial charge in [-0.2, -0.15) is 5.10 Å². The zero-order valence-corrected chi connectivity index (χ0v) is 16.3. The summed E-state index contributed by atoms with van der Waals surface area (Å²) in [6.07, 6.45) is 3.22. The zero-order valence-electron chi connectivity index (χ0n) is 14.7. The Kier molecular flexibility index (Phi) is 6.14. The molecule has 11 heteroatoms. The molecule has 2 heterocycles. The van der Waals surface area contributed by atoms with E-state index in [4.69, 9.17) is 0 Å². The van der Waals surface area contributed by atoms with Gasteiger partial charge in [-0.15, -0.1) is 0 Å². The fourth-order valence-corrected chi connectivity index (χ4v) is 3.07. The van der Waals surface area contributed by atoms with E-state index >= 15 is 0 Å². The Balaban J connectivity index is 1.77. The van der Waals surface area contributed by atoms with E-state index in [2.05, 4.69) is 31.3 Å². The first-order valence-corrected chi connectivity index (χ1v) is 9.58. The molecule has 0 unspecified atom stereocenters. The van der Waals surface area contributed by atoms with Crippen LogP contribution in [0.1, 0.15) is 12.0 Å². The number of benzene rings is 1. The highest BCUT2D eigenvalue weighted by atomic mass is 79.9. The maximum absolute atomic E-state index is 12.7. The molecule has 3 rings (SSSR count). The number of hydrogen-bond donors (Lipinski definition) is 1. The molecule has 0 atom stereocenters. The van der Waals surface area contributed by atoms with Gasteiger partial charge in [-0.05, 0) is 5.56 Å². The van der Waals surface area contributed by atoms with Crippen LogP contribution in [0.2, 0.25) is 0 Å². The van der Waals surface area contributed by atoms with E-state index in [9.17, 15) is 19.7 Å². The lowest BCUT2D eigenvalue weighted by atomic mass is 10.2. The Morgan fingerprint density at radius 3 is 2.93 bits per heavy atom. The van der Waals surface area contributed by atoms with Gasteiger partial charge < -0.3 is 5.32 Å². The summed E-state index contributed by atoms with van der Waals surface area (Å²) in [6.45, 7) is 0.928. The average molecular weight is 449 g/mol. The van der Waals surface area contributed by atoms with Crippen LogP contribution >= 0.6 is 15.9 Å². The third-order valence-electron chi connectivity index (χ3n) is 4.06. The van der Waals surface area contributed by atoms with Crippen molar-refractivity contribution >= 4 is 38.6 Å². The standard InChI is InChI=1S/C17H17BrN6O4/c18-5-4-15(25)19-6-7-23-16-14(9-21-23)17(26)22(11-20-16)10-12-2-1-3-13(8-12)24(27)28/h1-3,8-9,11H,4-7,10H2,(H,19,25). The lowest BCUT2D eigenvalue weighted by Crippen LogP contribution is -2.27. The van der Waals surface area contributed by atoms with Gasteiger partial charge in [0.1, 0.15) is 11.7 Å². The predicted molar refractivity (Wildman–Crippen MR) is 105 cm³/mol. The van der Waals surface area contributed by atoms with Crippen molar-refractivity contribution in [3.05, 3.63) is 62.8 Å². The Morgan fingerprint density at radius 1 is 1.36 bits per heavy atom. The molecule has 1 amide bonds. The number of non-ortho nitro benzene ring substituents is 1. The molecule has 0 aliphatic carbocycles. The highest BCUT2D eigenvalue weighted by molar-refractivity contribution is 9.09. The summed E-state index contributed by atoms with van der Waals surface area (Å²) < 4.78 is 2.94. The molecule has 28 heavy (non-hydrogen) atoms. The van der Waals surface area contributed by atoms with E-state index in [1.54, 1.807) is 16.8 Å². The van der Waals surface area contributed by atoms with Crippen molar-refractivity contribution in [2.45, 2.75) is 19.5 Å². The number of rotatable bonds is 8. The van der Waals surface area contributed by atoms with E-state index in [0.29, 0.717) is 41.4 Å². The molecular weight excluding hydrogens is 432 g/mol. The van der Waals surface area contributed by atoms with Gasteiger partial charge in [-0.25, -0.2) is 9.67 Å². The molecule has 0 aliphatic rings. The Labute approximate surface area is 167 Å². The summed E-state index contributed by atoms with van der Waals surface area (Å²) in [5, 5.41) is 18.8. The van der Waals surface area contributed by atoms with Crippen LogP contribution < -0.4 is 10.9 Å². The summed E-state index contributed by atoms with van der Waals surface area (Å²) in [5.41, 5.74) is 0.731. The predicted octanol–water partition coefficient (Wildman–Crippen LogP) is 1.45. The van der Waals surface area contributed by atoms with Crippen molar-refractivity contribution in [1.29, 1.82) is 0 Å². The fraction of sp³-hybridized carbons (Fsp3) is 0.294. The SMILES string of the molecule is O=C(CCBr)NCCn1ncc2c(=O)n(Cc3cccc([N+](=O)[O-])c3)cnc21. The van der Waals surface area contributed by atoms with Crippen LogP contribution in [-0.4, -0.2) is 42.0 Å². The van der Waals surface area contributed by atoms with Gasteiger partial charge in [0.05, 0.1) is 24.2 Å². The Morgan fingerprint density at radius 2 is 2.18 bits per heavy atom. The molecule has 1 aromatic carbocycles. The first kappa shape index (κ1) is 19.7. The fourth-order valence-electron chi connectivity index (χ4n) is 2.71. The largest absolute Gasteiger partial charge is 0.354 e. The third kappa shape index (κ3) is 4.42. The third-order valence-corrected chi connectivity index (χ3v) is 4.46. The molecule has 0 aliphatic heterocycles. The molecule has 10 nitrogen and oxygen atoms in total. The minimum absolute atomic E-state index is 0.0330. The number of amides is 1. The van der Waals surface area contributed by atoms with Crippen molar-refractivity contribution in [2.75, 3.05) is 11.9 Å². The number of nitro benzene ring substituents is 1. The van der Waals surface area contributed by atoms with Gasteiger partial charge in [-0.3, -0.25) is 24.3 Å². The summed E-state index contributed by atoms with van der Waals surface area (Å²) in [4.78, 5) is 38.9. The second-order valence-electron chi connectivity index (χ2n) is 6.00. The highest BCUT2D eigenvalue weighted by Gasteiger charge is 2.12. The number of nitrogens with zero attached hydrogens (tertiary/aromatic N) is 5. The number of nitrogens with one attached hydrogen (secondary N) is 1. The minimum atomic E-state index is -0.478. The van der Waals surface area contributed by atoms with Crippen LogP contribution in [0.5, 0.6) is 0 Å². The molecule has 2 aromatic heterocycles. The number of carbonyl (C=O) groups excluding carboxylic acids is 1. The van der Waals surface area contributed by atoms with Gasteiger partial charge in [0, 0.05) is 30.4 Å². The van der Waals surface area contributed by atoms with Crippen LogP contribution in [0, 0.1) is 10.1 Å². The minimum Gasteiger partial charge on any atom is -0.354 e. The number of halogens is 1. The molecule has 0 radical (unpaired) electrons. The topological polar surface area (TPSA) is 125 Å². The van der Waals surface area contributed by atoms with Crippen LogP contribution in [-0.2, 0) is 17.9 Å². The van der Waals surface area contributed by atoms with Crippen molar-refractivity contribution in [3.63, 3.8) is 0 Å². The maximum atomic E-state index is 12.7. The number of hydrogen-bond acceptors (Lipinski definition) is 6. The summed E-state index contributed by atoms with van der Waals surface area (Å²) in [6, 6.07) is 6.11.